The lowest BCUT2D eigenvalue weighted by Crippen LogP contribution is -2.03. The van der Waals surface area contributed by atoms with Crippen LogP contribution in [0, 0.1) is 5.82 Å². The standard InChI is InChI=1S/C25H14BrClFNO3S/c26-16-7-4-14(5-8-16)22-13-33-24(29-22)18-10-15-6-9-17(11-23(15)32-25(18)30)31-12-19-20(27)2-1-3-21(19)28/h1-11,13H,12H2. The van der Waals surface area contributed by atoms with Crippen LogP contribution in [-0.2, 0) is 6.61 Å². The molecule has 4 nitrogen and oxygen atoms in total. The van der Waals surface area contributed by atoms with Gasteiger partial charge in [-0.15, -0.1) is 11.3 Å². The van der Waals surface area contributed by atoms with Gasteiger partial charge in [0.15, 0.2) is 0 Å². The molecular weight excluding hydrogens is 529 g/mol. The Balaban J connectivity index is 1.42. The molecule has 0 radical (unpaired) electrons. The molecule has 0 unspecified atom stereocenters. The highest BCUT2D eigenvalue weighted by Gasteiger charge is 2.14. The fraction of sp³-hybridized carbons (Fsp3) is 0.0400. The van der Waals surface area contributed by atoms with Crippen molar-refractivity contribution in [1.29, 1.82) is 0 Å². The maximum absolute atomic E-state index is 14.0. The molecule has 2 heterocycles. The van der Waals surface area contributed by atoms with Crippen molar-refractivity contribution < 1.29 is 13.5 Å². The number of halogens is 3. The van der Waals surface area contributed by atoms with E-state index in [9.17, 15) is 9.18 Å². The fourth-order valence-corrected chi connectivity index (χ4v) is 4.62. The molecule has 0 atom stereocenters. The van der Waals surface area contributed by atoms with E-state index in [4.69, 9.17) is 20.8 Å². The second kappa shape index (κ2) is 9.09. The summed E-state index contributed by atoms with van der Waals surface area (Å²) >= 11 is 10.9. The number of fused-ring (bicyclic) bond motifs is 1. The first kappa shape index (κ1) is 21.8. The minimum absolute atomic E-state index is 0.0444. The van der Waals surface area contributed by atoms with E-state index in [0.717, 1.165) is 21.1 Å². The predicted molar refractivity (Wildman–Crippen MR) is 132 cm³/mol. The van der Waals surface area contributed by atoms with Crippen molar-refractivity contribution >= 4 is 49.8 Å². The van der Waals surface area contributed by atoms with Gasteiger partial charge in [-0.2, -0.15) is 0 Å². The zero-order valence-electron chi connectivity index (χ0n) is 16.8. The molecule has 3 aromatic carbocycles. The Morgan fingerprint density at radius 3 is 2.70 bits per heavy atom. The normalized spacial score (nSPS) is 11.1. The van der Waals surface area contributed by atoms with Crippen LogP contribution in [0.1, 0.15) is 5.56 Å². The topological polar surface area (TPSA) is 52.3 Å². The molecular formula is C25H14BrClFNO3S. The van der Waals surface area contributed by atoms with Gasteiger partial charge in [0, 0.05) is 32.4 Å². The molecule has 5 rings (SSSR count). The summed E-state index contributed by atoms with van der Waals surface area (Å²) < 4.78 is 26.2. The Bertz CT molecular complexity index is 1510. The van der Waals surface area contributed by atoms with E-state index >= 15 is 0 Å². The third-order valence-electron chi connectivity index (χ3n) is 5.03. The van der Waals surface area contributed by atoms with Crippen molar-refractivity contribution in [3.05, 3.63) is 103 Å². The van der Waals surface area contributed by atoms with Gasteiger partial charge in [0.25, 0.3) is 0 Å². The number of hydrogen-bond donors (Lipinski definition) is 0. The predicted octanol–water partition coefficient (Wildman–Crippen LogP) is 7.72. The van der Waals surface area contributed by atoms with Crippen LogP contribution in [0.3, 0.4) is 0 Å². The number of thiazole rings is 1. The molecule has 0 aliphatic rings. The summed E-state index contributed by atoms with van der Waals surface area (Å²) in [7, 11) is 0. The van der Waals surface area contributed by atoms with Crippen molar-refractivity contribution in [1.82, 2.24) is 4.98 Å². The average molecular weight is 543 g/mol. The van der Waals surface area contributed by atoms with E-state index in [1.807, 2.05) is 29.6 Å². The summed E-state index contributed by atoms with van der Waals surface area (Å²) in [5.41, 5.74) is 2.28. The lowest BCUT2D eigenvalue weighted by molar-refractivity contribution is 0.300. The molecule has 0 saturated carbocycles. The van der Waals surface area contributed by atoms with Crippen LogP contribution < -0.4 is 10.4 Å². The first-order valence-corrected chi connectivity index (χ1v) is 11.9. The van der Waals surface area contributed by atoms with Crippen molar-refractivity contribution in [2.75, 3.05) is 0 Å². The van der Waals surface area contributed by atoms with Crippen LogP contribution in [0.2, 0.25) is 5.02 Å². The fourth-order valence-electron chi connectivity index (χ4n) is 3.31. The van der Waals surface area contributed by atoms with Crippen LogP contribution in [0.5, 0.6) is 5.75 Å². The number of nitrogens with zero attached hydrogens (tertiary/aromatic N) is 1. The summed E-state index contributed by atoms with van der Waals surface area (Å²) in [4.78, 5) is 17.3. The summed E-state index contributed by atoms with van der Waals surface area (Å²) in [5, 5.41) is 3.50. The molecule has 0 fully saturated rings. The molecule has 0 bridgehead atoms. The first-order valence-electron chi connectivity index (χ1n) is 9.83. The van der Waals surface area contributed by atoms with E-state index in [2.05, 4.69) is 20.9 Å². The van der Waals surface area contributed by atoms with E-state index in [1.54, 1.807) is 30.3 Å². The number of hydrogen-bond acceptors (Lipinski definition) is 5. The number of benzene rings is 3. The Kier molecular flexibility index (Phi) is 6.01. The van der Waals surface area contributed by atoms with Crippen molar-refractivity contribution in [3.8, 4) is 27.6 Å². The lowest BCUT2D eigenvalue weighted by Gasteiger charge is -2.09. The van der Waals surface area contributed by atoms with E-state index in [-0.39, 0.29) is 17.2 Å². The highest BCUT2D eigenvalue weighted by atomic mass is 79.9. The van der Waals surface area contributed by atoms with E-state index < -0.39 is 11.4 Å². The Labute approximate surface area is 205 Å². The zero-order chi connectivity index (χ0) is 22.9. The summed E-state index contributed by atoms with van der Waals surface area (Å²) in [6.45, 7) is -0.0444. The number of ether oxygens (including phenoxy) is 1. The second-order valence-corrected chi connectivity index (χ2v) is 9.36. The third kappa shape index (κ3) is 4.57. The monoisotopic (exact) mass is 541 g/mol. The molecule has 5 aromatic rings. The van der Waals surface area contributed by atoms with Gasteiger partial charge < -0.3 is 9.15 Å². The maximum atomic E-state index is 14.0. The van der Waals surface area contributed by atoms with Crippen molar-refractivity contribution in [2.24, 2.45) is 0 Å². The van der Waals surface area contributed by atoms with E-state index in [0.29, 0.717) is 21.9 Å². The molecule has 0 spiro atoms. The Morgan fingerprint density at radius 1 is 1.09 bits per heavy atom. The van der Waals surface area contributed by atoms with Crippen LogP contribution in [0.4, 0.5) is 4.39 Å². The summed E-state index contributed by atoms with van der Waals surface area (Å²) in [6, 6.07) is 19.1. The molecule has 0 aliphatic heterocycles. The van der Waals surface area contributed by atoms with Gasteiger partial charge >= 0.3 is 5.63 Å². The van der Waals surface area contributed by atoms with Crippen LogP contribution in [0.15, 0.2) is 85.8 Å². The molecule has 8 heteroatoms. The van der Waals surface area contributed by atoms with Gasteiger partial charge in [-0.05, 0) is 42.5 Å². The molecule has 0 saturated heterocycles. The average Bonchev–Trinajstić information content (AvgIpc) is 3.28. The molecule has 0 aliphatic carbocycles. The van der Waals surface area contributed by atoms with Crippen LogP contribution >= 0.6 is 38.9 Å². The maximum Gasteiger partial charge on any atom is 0.346 e. The minimum Gasteiger partial charge on any atom is -0.489 e. The van der Waals surface area contributed by atoms with Gasteiger partial charge in [-0.25, -0.2) is 14.2 Å². The molecule has 0 N–H and O–H groups in total. The van der Waals surface area contributed by atoms with Gasteiger partial charge in [0.2, 0.25) is 0 Å². The summed E-state index contributed by atoms with van der Waals surface area (Å²) in [6.07, 6.45) is 0. The van der Waals surface area contributed by atoms with Crippen LogP contribution in [-0.4, -0.2) is 4.98 Å². The van der Waals surface area contributed by atoms with Gasteiger partial charge in [0.1, 0.15) is 28.8 Å². The zero-order valence-corrected chi connectivity index (χ0v) is 20.0. The molecule has 164 valence electrons. The largest absolute Gasteiger partial charge is 0.489 e. The van der Waals surface area contributed by atoms with Crippen molar-refractivity contribution in [3.63, 3.8) is 0 Å². The first-order chi connectivity index (χ1) is 16.0. The number of rotatable bonds is 5. The highest BCUT2D eigenvalue weighted by Crippen LogP contribution is 2.30. The van der Waals surface area contributed by atoms with Gasteiger partial charge in [-0.3, -0.25) is 0 Å². The SMILES string of the molecule is O=c1oc2cc(OCc3c(F)cccc3Cl)ccc2cc1-c1nc(-c2ccc(Br)cc2)cs1. The minimum atomic E-state index is -0.492. The van der Waals surface area contributed by atoms with Gasteiger partial charge in [-0.1, -0.05) is 45.7 Å². The third-order valence-corrected chi connectivity index (χ3v) is 6.79. The van der Waals surface area contributed by atoms with Gasteiger partial charge in [0.05, 0.1) is 16.3 Å². The quantitative estimate of drug-likeness (QED) is 0.213. The second-order valence-electron chi connectivity index (χ2n) is 7.18. The molecule has 33 heavy (non-hydrogen) atoms. The number of aromatic nitrogens is 1. The molecule has 0 amide bonds. The van der Waals surface area contributed by atoms with Crippen molar-refractivity contribution in [2.45, 2.75) is 6.61 Å². The smallest absolute Gasteiger partial charge is 0.346 e. The highest BCUT2D eigenvalue weighted by molar-refractivity contribution is 9.10. The lowest BCUT2D eigenvalue weighted by atomic mass is 10.1. The molecule has 2 aromatic heterocycles. The van der Waals surface area contributed by atoms with Crippen LogP contribution in [0.25, 0.3) is 32.8 Å². The van der Waals surface area contributed by atoms with E-state index in [1.165, 1.54) is 23.5 Å². The Hall–Kier alpha value is -3.00. The summed E-state index contributed by atoms with van der Waals surface area (Å²) in [5.74, 6) is -0.00471. The Morgan fingerprint density at radius 2 is 1.91 bits per heavy atom.